The molecular weight excluding hydrogens is 302 g/mol. The van der Waals surface area contributed by atoms with E-state index in [1.165, 1.54) is 0 Å². The Hall–Kier alpha value is -1.10. The summed E-state index contributed by atoms with van der Waals surface area (Å²) in [6.07, 6.45) is 2.09. The van der Waals surface area contributed by atoms with E-state index in [-0.39, 0.29) is 6.04 Å². The largest absolute Gasteiger partial charge is 0.348 e. The number of hydrogen-bond acceptors (Lipinski definition) is 2. The zero-order chi connectivity index (χ0) is 13.8. The van der Waals surface area contributed by atoms with Crippen molar-refractivity contribution in [1.82, 2.24) is 9.47 Å². The molecule has 1 atom stereocenters. The summed E-state index contributed by atoms with van der Waals surface area (Å²) in [5.41, 5.74) is 8.66. The van der Waals surface area contributed by atoms with Gasteiger partial charge in [0.15, 0.2) is 0 Å². The number of likely N-dealkylation sites (N-methyl/N-ethyl adjacent to an activating group) is 1. The number of aromatic nitrogens is 1. The van der Waals surface area contributed by atoms with Gasteiger partial charge in [0, 0.05) is 29.5 Å². The van der Waals surface area contributed by atoms with Crippen molar-refractivity contribution in [2.24, 2.45) is 5.73 Å². The zero-order valence-corrected chi connectivity index (χ0v) is 13.0. The van der Waals surface area contributed by atoms with Gasteiger partial charge < -0.3 is 15.2 Å². The number of hydrogen-bond donors (Lipinski definition) is 1. The van der Waals surface area contributed by atoms with Gasteiger partial charge >= 0.3 is 0 Å². The van der Waals surface area contributed by atoms with E-state index in [1.807, 2.05) is 12.1 Å². The summed E-state index contributed by atoms with van der Waals surface area (Å²) in [5, 5.41) is 0. The summed E-state index contributed by atoms with van der Waals surface area (Å²) >= 11 is 3.45. The number of halogens is 1. The molecule has 2 N–H and O–H groups in total. The molecule has 1 heterocycles. The van der Waals surface area contributed by atoms with Crippen molar-refractivity contribution >= 4 is 15.9 Å². The van der Waals surface area contributed by atoms with Gasteiger partial charge in [0.05, 0.1) is 6.04 Å². The number of nitrogens with two attached hydrogens (primary N) is 1. The lowest BCUT2D eigenvalue weighted by Gasteiger charge is -2.18. The SMILES string of the molecule is CN(C)CCn1cccc1C(N)c1ccc(Br)cc1. The van der Waals surface area contributed by atoms with Crippen LogP contribution in [0.2, 0.25) is 0 Å². The summed E-state index contributed by atoms with van der Waals surface area (Å²) in [7, 11) is 4.16. The average Bonchev–Trinajstić information content (AvgIpc) is 2.84. The van der Waals surface area contributed by atoms with Gasteiger partial charge in [0.2, 0.25) is 0 Å². The first-order valence-corrected chi connectivity index (χ1v) is 7.18. The molecule has 1 unspecified atom stereocenters. The first-order valence-electron chi connectivity index (χ1n) is 6.39. The highest BCUT2D eigenvalue weighted by atomic mass is 79.9. The van der Waals surface area contributed by atoms with E-state index in [0.29, 0.717) is 0 Å². The molecule has 0 aliphatic rings. The van der Waals surface area contributed by atoms with E-state index >= 15 is 0 Å². The molecule has 2 aromatic rings. The molecule has 0 bridgehead atoms. The molecule has 0 saturated heterocycles. The second-order valence-corrected chi connectivity index (χ2v) is 5.87. The van der Waals surface area contributed by atoms with E-state index < -0.39 is 0 Å². The second kappa shape index (κ2) is 6.37. The predicted octanol–water partition coefficient (Wildman–Crippen LogP) is 2.86. The highest BCUT2D eigenvalue weighted by molar-refractivity contribution is 9.10. The Bertz CT molecular complexity index is 516. The van der Waals surface area contributed by atoms with Gasteiger partial charge in [-0.2, -0.15) is 0 Å². The van der Waals surface area contributed by atoms with Crippen molar-refractivity contribution < 1.29 is 0 Å². The van der Waals surface area contributed by atoms with Crippen LogP contribution in [-0.2, 0) is 6.54 Å². The third-order valence-corrected chi connectivity index (χ3v) is 3.73. The lowest BCUT2D eigenvalue weighted by atomic mass is 10.1. The molecule has 0 fully saturated rings. The molecule has 0 spiro atoms. The van der Waals surface area contributed by atoms with Crippen LogP contribution in [0.15, 0.2) is 47.1 Å². The Morgan fingerprint density at radius 1 is 1.21 bits per heavy atom. The van der Waals surface area contributed by atoms with E-state index in [0.717, 1.165) is 28.8 Å². The highest BCUT2D eigenvalue weighted by Crippen LogP contribution is 2.22. The van der Waals surface area contributed by atoms with E-state index in [2.05, 4.69) is 70.0 Å². The van der Waals surface area contributed by atoms with Crippen LogP contribution in [0.25, 0.3) is 0 Å². The van der Waals surface area contributed by atoms with Crippen molar-refractivity contribution in [3.63, 3.8) is 0 Å². The minimum Gasteiger partial charge on any atom is -0.348 e. The molecule has 0 aliphatic heterocycles. The Morgan fingerprint density at radius 3 is 2.53 bits per heavy atom. The van der Waals surface area contributed by atoms with Crippen LogP contribution in [0, 0.1) is 0 Å². The van der Waals surface area contributed by atoms with Gasteiger partial charge in [0.1, 0.15) is 0 Å². The van der Waals surface area contributed by atoms with Gasteiger partial charge in [-0.25, -0.2) is 0 Å². The Balaban J connectivity index is 2.17. The quantitative estimate of drug-likeness (QED) is 0.918. The first-order chi connectivity index (χ1) is 9.08. The average molecular weight is 322 g/mol. The van der Waals surface area contributed by atoms with Crippen molar-refractivity contribution in [2.45, 2.75) is 12.6 Å². The fraction of sp³-hybridized carbons (Fsp3) is 0.333. The molecule has 102 valence electrons. The van der Waals surface area contributed by atoms with E-state index in [4.69, 9.17) is 5.73 Å². The van der Waals surface area contributed by atoms with Gasteiger partial charge in [-0.3, -0.25) is 0 Å². The van der Waals surface area contributed by atoms with Crippen LogP contribution in [0.4, 0.5) is 0 Å². The van der Waals surface area contributed by atoms with Crippen LogP contribution >= 0.6 is 15.9 Å². The molecule has 4 heteroatoms. The molecule has 2 rings (SSSR count). The van der Waals surface area contributed by atoms with Crippen LogP contribution in [0.3, 0.4) is 0 Å². The van der Waals surface area contributed by atoms with E-state index in [1.54, 1.807) is 0 Å². The summed E-state index contributed by atoms with van der Waals surface area (Å²) in [6.45, 7) is 1.97. The van der Waals surface area contributed by atoms with Gasteiger partial charge in [-0.1, -0.05) is 28.1 Å². The fourth-order valence-electron chi connectivity index (χ4n) is 2.06. The molecule has 19 heavy (non-hydrogen) atoms. The Morgan fingerprint density at radius 2 is 1.89 bits per heavy atom. The molecular formula is C15H20BrN3. The first kappa shape index (κ1) is 14.3. The van der Waals surface area contributed by atoms with Crippen molar-refractivity contribution in [2.75, 3.05) is 20.6 Å². The van der Waals surface area contributed by atoms with Gasteiger partial charge in [-0.15, -0.1) is 0 Å². The normalized spacial score (nSPS) is 12.9. The van der Waals surface area contributed by atoms with Crippen LogP contribution in [-0.4, -0.2) is 30.1 Å². The second-order valence-electron chi connectivity index (χ2n) is 4.96. The van der Waals surface area contributed by atoms with Crippen molar-refractivity contribution in [3.05, 3.63) is 58.3 Å². The highest BCUT2D eigenvalue weighted by Gasteiger charge is 2.12. The summed E-state index contributed by atoms with van der Waals surface area (Å²) < 4.78 is 3.30. The number of benzene rings is 1. The molecule has 0 radical (unpaired) electrons. The third kappa shape index (κ3) is 3.69. The maximum atomic E-state index is 6.37. The third-order valence-electron chi connectivity index (χ3n) is 3.20. The maximum absolute atomic E-state index is 6.37. The molecule has 1 aromatic carbocycles. The maximum Gasteiger partial charge on any atom is 0.0706 e. The molecule has 0 amide bonds. The monoisotopic (exact) mass is 321 g/mol. The van der Waals surface area contributed by atoms with Gasteiger partial charge in [0.25, 0.3) is 0 Å². The smallest absolute Gasteiger partial charge is 0.0706 e. The fourth-order valence-corrected chi connectivity index (χ4v) is 2.33. The number of nitrogens with zero attached hydrogens (tertiary/aromatic N) is 2. The predicted molar refractivity (Wildman–Crippen MR) is 83.2 cm³/mol. The van der Waals surface area contributed by atoms with Crippen LogP contribution in [0.5, 0.6) is 0 Å². The standard InChI is InChI=1S/C15H20BrN3/c1-18(2)10-11-19-9-3-4-14(19)15(17)12-5-7-13(16)8-6-12/h3-9,15H,10-11,17H2,1-2H3. The summed E-state index contributed by atoms with van der Waals surface area (Å²) in [6, 6.07) is 12.3. The van der Waals surface area contributed by atoms with Crippen molar-refractivity contribution in [3.8, 4) is 0 Å². The summed E-state index contributed by atoms with van der Waals surface area (Å²) in [5.74, 6) is 0. The Kier molecular flexibility index (Phi) is 4.80. The van der Waals surface area contributed by atoms with Gasteiger partial charge in [-0.05, 0) is 43.9 Å². The zero-order valence-electron chi connectivity index (χ0n) is 11.4. The molecule has 3 nitrogen and oxygen atoms in total. The lowest BCUT2D eigenvalue weighted by molar-refractivity contribution is 0.380. The summed E-state index contributed by atoms with van der Waals surface area (Å²) in [4.78, 5) is 2.18. The van der Waals surface area contributed by atoms with Crippen LogP contribution < -0.4 is 5.73 Å². The Labute approximate surface area is 123 Å². The lowest BCUT2D eigenvalue weighted by Crippen LogP contribution is -2.22. The number of rotatable bonds is 5. The minimum absolute atomic E-state index is 0.0785. The van der Waals surface area contributed by atoms with Crippen LogP contribution in [0.1, 0.15) is 17.3 Å². The molecule has 1 aromatic heterocycles. The molecule has 0 saturated carbocycles. The minimum atomic E-state index is -0.0785. The van der Waals surface area contributed by atoms with Crippen molar-refractivity contribution in [1.29, 1.82) is 0 Å². The van der Waals surface area contributed by atoms with E-state index in [9.17, 15) is 0 Å². The molecule has 0 aliphatic carbocycles. The topological polar surface area (TPSA) is 34.2 Å².